The van der Waals surface area contributed by atoms with Crippen molar-refractivity contribution in [3.05, 3.63) is 89.0 Å². The molecule has 0 N–H and O–H groups in total. The van der Waals surface area contributed by atoms with Crippen LogP contribution in [0.1, 0.15) is 31.8 Å². The summed E-state index contributed by atoms with van der Waals surface area (Å²) in [7, 11) is 0. The molecule has 44 heavy (non-hydrogen) atoms. The first-order valence-corrected chi connectivity index (χ1v) is 16.2. The molecule has 1 aliphatic heterocycles. The van der Waals surface area contributed by atoms with Gasteiger partial charge in [0.1, 0.15) is 50.2 Å². The average Bonchev–Trinajstić information content (AvgIpc) is 3.30. The van der Waals surface area contributed by atoms with Crippen LogP contribution < -0.4 is 14.2 Å². The van der Waals surface area contributed by atoms with E-state index in [9.17, 15) is 14.4 Å². The van der Waals surface area contributed by atoms with Crippen molar-refractivity contribution < 1.29 is 42.8 Å². The number of nitrogens with zero attached hydrogens (tertiary/aromatic N) is 1. The van der Waals surface area contributed by atoms with Gasteiger partial charge in [-0.3, -0.25) is 19.3 Å². The maximum absolute atomic E-state index is 12.9. The van der Waals surface area contributed by atoms with Crippen LogP contribution in [-0.4, -0.2) is 82.1 Å². The van der Waals surface area contributed by atoms with E-state index in [1.807, 2.05) is 42.5 Å². The predicted molar refractivity (Wildman–Crippen MR) is 169 cm³/mol. The minimum atomic E-state index is -0.689. The summed E-state index contributed by atoms with van der Waals surface area (Å²) in [5, 5.41) is 0.832. The highest BCUT2D eigenvalue weighted by atomic mass is 79.9. The van der Waals surface area contributed by atoms with Crippen molar-refractivity contribution in [1.29, 1.82) is 0 Å². The SMILES string of the molecule is O=C(CN1C(=O)c2c(CBr)ccc(CBr)c2C1=O)OCCOCCOc1ccc(OCCOCCOc2ccccc2)cc1. The van der Waals surface area contributed by atoms with E-state index in [4.69, 9.17) is 28.4 Å². The first-order chi connectivity index (χ1) is 21.5. The lowest BCUT2D eigenvalue weighted by molar-refractivity contribution is -0.145. The molecule has 10 nitrogen and oxygen atoms in total. The van der Waals surface area contributed by atoms with Crippen molar-refractivity contribution in [3.63, 3.8) is 0 Å². The number of hydrogen-bond acceptors (Lipinski definition) is 9. The third-order valence-corrected chi connectivity index (χ3v) is 7.63. The molecule has 0 aromatic heterocycles. The van der Waals surface area contributed by atoms with Crippen LogP contribution in [0, 0.1) is 0 Å². The standard InChI is InChI=1S/C32H33Br2NO9/c33-20-23-6-7-24(21-34)30-29(23)31(37)35(32(30)38)22-28(36)44-19-15-40-14-18-43-27-10-8-26(9-11-27)42-17-13-39-12-16-41-25-4-2-1-3-5-25/h1-11H,12-22H2. The fourth-order valence-corrected chi connectivity index (χ4v) is 5.24. The number of hydrogen-bond donors (Lipinski definition) is 0. The van der Waals surface area contributed by atoms with Crippen LogP contribution in [0.3, 0.4) is 0 Å². The van der Waals surface area contributed by atoms with Crippen molar-refractivity contribution in [2.24, 2.45) is 0 Å². The summed E-state index contributed by atoms with van der Waals surface area (Å²) in [4.78, 5) is 39.1. The first kappa shape index (κ1) is 33.4. The van der Waals surface area contributed by atoms with Crippen molar-refractivity contribution >= 4 is 49.6 Å². The molecular formula is C32H33Br2NO9. The minimum absolute atomic E-state index is 0.0168. The van der Waals surface area contributed by atoms with Crippen LogP contribution in [0.4, 0.5) is 0 Å². The molecule has 0 saturated heterocycles. The highest BCUT2D eigenvalue weighted by Gasteiger charge is 2.40. The lowest BCUT2D eigenvalue weighted by Crippen LogP contribution is -2.36. The Labute approximate surface area is 272 Å². The zero-order valence-electron chi connectivity index (χ0n) is 24.0. The van der Waals surface area contributed by atoms with Gasteiger partial charge in [0.15, 0.2) is 0 Å². The predicted octanol–water partition coefficient (Wildman–Crippen LogP) is 5.19. The Morgan fingerprint density at radius 1 is 0.568 bits per heavy atom. The molecule has 0 atom stereocenters. The maximum atomic E-state index is 12.9. The van der Waals surface area contributed by atoms with E-state index in [1.54, 1.807) is 24.3 Å². The number of imide groups is 1. The number of alkyl halides is 2. The van der Waals surface area contributed by atoms with Crippen LogP contribution in [-0.2, 0) is 29.7 Å². The highest BCUT2D eigenvalue weighted by molar-refractivity contribution is 9.08. The van der Waals surface area contributed by atoms with E-state index >= 15 is 0 Å². The van der Waals surface area contributed by atoms with Crippen molar-refractivity contribution in [2.45, 2.75) is 10.7 Å². The summed E-state index contributed by atoms with van der Waals surface area (Å²) < 4.78 is 33.1. The number of halogens is 2. The molecule has 0 bridgehead atoms. The molecule has 3 aromatic rings. The van der Waals surface area contributed by atoms with E-state index in [0.717, 1.165) is 10.6 Å². The van der Waals surface area contributed by atoms with Gasteiger partial charge in [-0.2, -0.15) is 0 Å². The Morgan fingerprint density at radius 2 is 1.00 bits per heavy atom. The summed E-state index contributed by atoms with van der Waals surface area (Å²) in [6.45, 7) is 2.06. The van der Waals surface area contributed by atoms with Gasteiger partial charge in [0.2, 0.25) is 0 Å². The number of ether oxygens (including phenoxy) is 6. The number of para-hydroxylation sites is 1. The molecule has 234 valence electrons. The summed E-state index contributed by atoms with van der Waals surface area (Å²) in [6.07, 6.45) is 0. The van der Waals surface area contributed by atoms with Gasteiger partial charge in [0, 0.05) is 10.7 Å². The zero-order chi connectivity index (χ0) is 31.1. The molecule has 0 spiro atoms. The quantitative estimate of drug-likeness (QED) is 0.0712. The normalized spacial score (nSPS) is 12.3. The molecule has 0 fully saturated rings. The molecule has 0 aliphatic carbocycles. The molecule has 0 unspecified atom stereocenters. The maximum Gasteiger partial charge on any atom is 0.326 e. The van der Waals surface area contributed by atoms with Gasteiger partial charge >= 0.3 is 5.97 Å². The number of benzene rings is 3. The van der Waals surface area contributed by atoms with E-state index in [0.29, 0.717) is 77.4 Å². The van der Waals surface area contributed by atoms with Gasteiger partial charge in [-0.25, -0.2) is 0 Å². The molecule has 4 rings (SSSR count). The minimum Gasteiger partial charge on any atom is -0.491 e. The number of rotatable bonds is 19. The summed E-state index contributed by atoms with van der Waals surface area (Å²) in [5.74, 6) is 0.492. The number of carbonyl (C=O) groups is 3. The van der Waals surface area contributed by atoms with Crippen molar-refractivity contribution in [2.75, 3.05) is 59.4 Å². The first-order valence-electron chi connectivity index (χ1n) is 14.0. The molecular weight excluding hydrogens is 702 g/mol. The Morgan fingerprint density at radius 3 is 1.45 bits per heavy atom. The molecule has 0 radical (unpaired) electrons. The smallest absolute Gasteiger partial charge is 0.326 e. The Kier molecular flexibility index (Phi) is 13.5. The monoisotopic (exact) mass is 733 g/mol. The molecule has 1 heterocycles. The zero-order valence-corrected chi connectivity index (χ0v) is 27.2. The second-order valence-corrected chi connectivity index (χ2v) is 10.5. The van der Waals surface area contributed by atoms with E-state index in [1.165, 1.54) is 0 Å². The van der Waals surface area contributed by atoms with Crippen LogP contribution in [0.2, 0.25) is 0 Å². The molecule has 1 aliphatic rings. The number of esters is 1. The van der Waals surface area contributed by atoms with Crippen LogP contribution in [0.5, 0.6) is 17.2 Å². The second kappa shape index (κ2) is 17.7. The van der Waals surface area contributed by atoms with Crippen molar-refractivity contribution in [3.8, 4) is 17.2 Å². The topological polar surface area (TPSA) is 110 Å². The van der Waals surface area contributed by atoms with Gasteiger partial charge in [-0.1, -0.05) is 62.2 Å². The Balaban J connectivity index is 1.03. The van der Waals surface area contributed by atoms with Crippen LogP contribution in [0.15, 0.2) is 66.7 Å². The fraction of sp³-hybridized carbons (Fsp3) is 0.344. The highest BCUT2D eigenvalue weighted by Crippen LogP contribution is 2.31. The van der Waals surface area contributed by atoms with Gasteiger partial charge < -0.3 is 28.4 Å². The van der Waals surface area contributed by atoms with Gasteiger partial charge in [-0.05, 0) is 47.5 Å². The molecule has 3 aromatic carbocycles. The number of carbonyl (C=O) groups excluding carboxylic acids is 3. The average molecular weight is 735 g/mol. The lowest BCUT2D eigenvalue weighted by Gasteiger charge is -2.13. The summed E-state index contributed by atoms with van der Waals surface area (Å²) in [5.41, 5.74) is 2.05. The van der Waals surface area contributed by atoms with E-state index in [-0.39, 0.29) is 19.8 Å². The second-order valence-electron chi connectivity index (χ2n) is 9.37. The Hall–Kier alpha value is -3.45. The van der Waals surface area contributed by atoms with Gasteiger partial charge in [0.25, 0.3) is 11.8 Å². The fourth-order valence-electron chi connectivity index (χ4n) is 4.30. The van der Waals surface area contributed by atoms with Crippen LogP contribution in [0.25, 0.3) is 0 Å². The molecule has 12 heteroatoms. The number of amides is 2. The third-order valence-electron chi connectivity index (χ3n) is 6.42. The molecule has 0 saturated carbocycles. The van der Waals surface area contributed by atoms with E-state index in [2.05, 4.69) is 31.9 Å². The van der Waals surface area contributed by atoms with Crippen molar-refractivity contribution in [1.82, 2.24) is 4.90 Å². The van der Waals surface area contributed by atoms with Gasteiger partial charge in [0.05, 0.1) is 37.6 Å². The lowest BCUT2D eigenvalue weighted by atomic mass is 9.99. The van der Waals surface area contributed by atoms with Gasteiger partial charge in [-0.15, -0.1) is 0 Å². The van der Waals surface area contributed by atoms with E-state index < -0.39 is 24.3 Å². The summed E-state index contributed by atoms with van der Waals surface area (Å²) in [6, 6.07) is 20.4. The third kappa shape index (κ3) is 9.52. The number of fused-ring (bicyclic) bond motifs is 1. The Bertz CT molecular complexity index is 1340. The molecule has 2 amide bonds. The largest absolute Gasteiger partial charge is 0.491 e. The summed E-state index contributed by atoms with van der Waals surface area (Å²) >= 11 is 6.71. The van der Waals surface area contributed by atoms with Crippen LogP contribution >= 0.6 is 31.9 Å².